The third-order valence-corrected chi connectivity index (χ3v) is 3.46. The number of rotatable bonds is 7. The molecule has 0 saturated heterocycles. The van der Waals surface area contributed by atoms with Crippen molar-refractivity contribution in [1.82, 2.24) is 0 Å². The molecule has 0 N–H and O–H groups in total. The fourth-order valence-corrected chi connectivity index (χ4v) is 2.52. The second-order valence-electron chi connectivity index (χ2n) is 4.63. The molecule has 1 rings (SSSR count). The second-order valence-corrected chi connectivity index (χ2v) is 5.08. The Morgan fingerprint density at radius 1 is 1.29 bits per heavy atom. The lowest BCUT2D eigenvalue weighted by molar-refractivity contribution is 0.0913. The number of thiol groups is 1. The average molecular weight is 216 g/mol. The summed E-state index contributed by atoms with van der Waals surface area (Å²) in [6.07, 6.45) is 8.05. The van der Waals surface area contributed by atoms with E-state index in [1.54, 1.807) is 0 Å². The Labute approximate surface area is 94.0 Å². The molecule has 0 aromatic heterocycles. The van der Waals surface area contributed by atoms with Crippen LogP contribution in [-0.4, -0.2) is 19.0 Å². The van der Waals surface area contributed by atoms with Crippen LogP contribution in [0.4, 0.5) is 0 Å². The van der Waals surface area contributed by atoms with Crippen molar-refractivity contribution in [3.05, 3.63) is 0 Å². The van der Waals surface area contributed by atoms with Crippen molar-refractivity contribution < 1.29 is 4.74 Å². The Hall–Kier alpha value is 0.310. The number of hydrogen-bond acceptors (Lipinski definition) is 2. The smallest absolute Gasteiger partial charge is 0.0494 e. The van der Waals surface area contributed by atoms with Gasteiger partial charge in [-0.05, 0) is 43.3 Å². The zero-order chi connectivity index (χ0) is 10.2. The van der Waals surface area contributed by atoms with Gasteiger partial charge in [0.2, 0.25) is 0 Å². The van der Waals surface area contributed by atoms with Crippen LogP contribution in [0.3, 0.4) is 0 Å². The molecule has 0 aromatic carbocycles. The first-order chi connectivity index (χ1) is 6.83. The molecule has 1 saturated carbocycles. The summed E-state index contributed by atoms with van der Waals surface area (Å²) in [4.78, 5) is 0. The maximum Gasteiger partial charge on any atom is 0.0494 e. The lowest BCUT2D eigenvalue weighted by atomic mass is 10.1. The van der Waals surface area contributed by atoms with Crippen LogP contribution < -0.4 is 0 Å². The molecule has 0 aliphatic heterocycles. The van der Waals surface area contributed by atoms with Crippen LogP contribution in [0.15, 0.2) is 0 Å². The minimum absolute atomic E-state index is 0.774. The van der Waals surface area contributed by atoms with Gasteiger partial charge in [-0.2, -0.15) is 12.6 Å². The van der Waals surface area contributed by atoms with Gasteiger partial charge in [0.15, 0.2) is 0 Å². The zero-order valence-electron chi connectivity index (χ0n) is 9.37. The predicted octanol–water partition coefficient (Wildman–Crippen LogP) is 3.54. The van der Waals surface area contributed by atoms with E-state index >= 15 is 0 Å². The molecule has 1 nitrogen and oxygen atoms in total. The molecule has 84 valence electrons. The maximum atomic E-state index is 5.71. The fourth-order valence-electron chi connectivity index (χ4n) is 2.08. The van der Waals surface area contributed by atoms with Crippen LogP contribution >= 0.6 is 12.6 Å². The molecule has 0 spiro atoms. The summed E-state index contributed by atoms with van der Waals surface area (Å²) in [6.45, 7) is 4.24. The van der Waals surface area contributed by atoms with E-state index < -0.39 is 0 Å². The topological polar surface area (TPSA) is 9.23 Å². The van der Waals surface area contributed by atoms with E-state index in [9.17, 15) is 0 Å². The lowest BCUT2D eigenvalue weighted by Crippen LogP contribution is -2.08. The van der Waals surface area contributed by atoms with Crippen molar-refractivity contribution in [1.29, 1.82) is 0 Å². The first-order valence-electron chi connectivity index (χ1n) is 6.01. The van der Waals surface area contributed by atoms with Crippen molar-refractivity contribution in [2.24, 2.45) is 11.8 Å². The van der Waals surface area contributed by atoms with Crippen molar-refractivity contribution in [2.75, 3.05) is 19.0 Å². The molecule has 0 heterocycles. The highest BCUT2D eigenvalue weighted by Crippen LogP contribution is 2.24. The lowest BCUT2D eigenvalue weighted by Gasteiger charge is -2.12. The first kappa shape index (κ1) is 12.4. The third kappa shape index (κ3) is 5.26. The van der Waals surface area contributed by atoms with Crippen LogP contribution in [-0.2, 0) is 4.74 Å². The summed E-state index contributed by atoms with van der Waals surface area (Å²) in [5.41, 5.74) is 0. The van der Waals surface area contributed by atoms with E-state index in [1.807, 2.05) is 0 Å². The molecule has 1 aliphatic rings. The minimum atomic E-state index is 0.774. The average Bonchev–Trinajstić information content (AvgIpc) is 2.65. The fraction of sp³-hybridized carbons (Fsp3) is 1.00. The summed E-state index contributed by atoms with van der Waals surface area (Å²) in [5.74, 6) is 2.65. The molecule has 1 unspecified atom stereocenters. The molecule has 0 bridgehead atoms. The van der Waals surface area contributed by atoms with Crippen LogP contribution in [0.2, 0.25) is 0 Å². The van der Waals surface area contributed by atoms with E-state index in [1.165, 1.54) is 38.5 Å². The molecular formula is C12H24OS. The Morgan fingerprint density at radius 3 is 2.64 bits per heavy atom. The van der Waals surface area contributed by atoms with Gasteiger partial charge < -0.3 is 4.74 Å². The molecule has 0 radical (unpaired) electrons. The Bertz CT molecular complexity index is 132. The molecular weight excluding hydrogens is 192 g/mol. The van der Waals surface area contributed by atoms with E-state index in [-0.39, 0.29) is 0 Å². The maximum absolute atomic E-state index is 5.71. The van der Waals surface area contributed by atoms with Gasteiger partial charge in [0.25, 0.3) is 0 Å². The summed E-state index contributed by atoms with van der Waals surface area (Å²) in [5, 5.41) is 0. The number of ether oxygens (including phenoxy) is 1. The van der Waals surface area contributed by atoms with Gasteiger partial charge in [0, 0.05) is 13.2 Å². The Balaban J connectivity index is 1.88. The van der Waals surface area contributed by atoms with Gasteiger partial charge in [-0.15, -0.1) is 0 Å². The van der Waals surface area contributed by atoms with Crippen molar-refractivity contribution in [3.8, 4) is 0 Å². The Morgan fingerprint density at radius 2 is 2.00 bits per heavy atom. The highest BCUT2D eigenvalue weighted by atomic mass is 32.1. The van der Waals surface area contributed by atoms with Gasteiger partial charge in [0.1, 0.15) is 0 Å². The normalized spacial score (nSPS) is 20.1. The Kier molecular flexibility index (Phi) is 6.70. The molecule has 1 fully saturated rings. The second kappa shape index (κ2) is 7.58. The molecule has 1 aliphatic carbocycles. The summed E-state index contributed by atoms with van der Waals surface area (Å²) in [6, 6.07) is 0. The first-order valence-corrected chi connectivity index (χ1v) is 6.64. The SMILES string of the molecule is CC(CCS)CCOCC1CCCC1. The molecule has 2 heteroatoms. The van der Waals surface area contributed by atoms with Crippen LogP contribution in [0.1, 0.15) is 45.4 Å². The summed E-state index contributed by atoms with van der Waals surface area (Å²) < 4.78 is 5.71. The highest BCUT2D eigenvalue weighted by Gasteiger charge is 2.14. The summed E-state index contributed by atoms with van der Waals surface area (Å²) >= 11 is 4.24. The van der Waals surface area contributed by atoms with Crippen molar-refractivity contribution >= 4 is 12.6 Å². The number of hydrogen-bond donors (Lipinski definition) is 1. The summed E-state index contributed by atoms with van der Waals surface area (Å²) in [7, 11) is 0. The van der Waals surface area contributed by atoms with Gasteiger partial charge in [-0.1, -0.05) is 19.8 Å². The zero-order valence-corrected chi connectivity index (χ0v) is 10.3. The monoisotopic (exact) mass is 216 g/mol. The van der Waals surface area contributed by atoms with Crippen molar-refractivity contribution in [2.45, 2.75) is 45.4 Å². The van der Waals surface area contributed by atoms with E-state index in [0.29, 0.717) is 0 Å². The molecule has 0 amide bonds. The molecule has 14 heavy (non-hydrogen) atoms. The van der Waals surface area contributed by atoms with Gasteiger partial charge in [0.05, 0.1) is 0 Å². The van der Waals surface area contributed by atoms with Crippen LogP contribution in [0.25, 0.3) is 0 Å². The van der Waals surface area contributed by atoms with Gasteiger partial charge in [-0.3, -0.25) is 0 Å². The molecule has 1 atom stereocenters. The van der Waals surface area contributed by atoms with Crippen LogP contribution in [0.5, 0.6) is 0 Å². The largest absolute Gasteiger partial charge is 0.381 e. The van der Waals surface area contributed by atoms with E-state index in [4.69, 9.17) is 4.74 Å². The van der Waals surface area contributed by atoms with E-state index in [2.05, 4.69) is 19.6 Å². The minimum Gasteiger partial charge on any atom is -0.381 e. The highest BCUT2D eigenvalue weighted by molar-refractivity contribution is 7.80. The third-order valence-electron chi connectivity index (χ3n) is 3.21. The van der Waals surface area contributed by atoms with Gasteiger partial charge in [-0.25, -0.2) is 0 Å². The standard InChI is InChI=1S/C12H24OS/c1-11(7-9-14)6-8-13-10-12-4-2-3-5-12/h11-12,14H,2-10H2,1H3. The quantitative estimate of drug-likeness (QED) is 0.506. The van der Waals surface area contributed by atoms with Crippen molar-refractivity contribution in [3.63, 3.8) is 0 Å². The van der Waals surface area contributed by atoms with E-state index in [0.717, 1.165) is 30.8 Å². The molecule has 0 aromatic rings. The van der Waals surface area contributed by atoms with Gasteiger partial charge >= 0.3 is 0 Å². The van der Waals surface area contributed by atoms with Crippen LogP contribution in [0, 0.1) is 11.8 Å². The predicted molar refractivity (Wildman–Crippen MR) is 65.0 cm³/mol.